The second kappa shape index (κ2) is 6.64. The fraction of sp³-hybridized carbons (Fsp3) is 0.600. The fourth-order valence-corrected chi connectivity index (χ4v) is 2.38. The van der Waals surface area contributed by atoms with E-state index in [1.807, 2.05) is 0 Å². The highest BCUT2D eigenvalue weighted by Gasteiger charge is 2.10. The summed E-state index contributed by atoms with van der Waals surface area (Å²) in [5.41, 5.74) is 2.51. The monoisotopic (exact) mass is 248 g/mol. The maximum absolute atomic E-state index is 5.37. The van der Waals surface area contributed by atoms with Crippen molar-refractivity contribution in [1.29, 1.82) is 0 Å². The van der Waals surface area contributed by atoms with E-state index in [1.54, 1.807) is 0 Å². The lowest BCUT2D eigenvalue weighted by molar-refractivity contribution is 0.122. The van der Waals surface area contributed by atoms with E-state index in [4.69, 9.17) is 4.74 Å². The Kier molecular flexibility index (Phi) is 4.88. The summed E-state index contributed by atoms with van der Waals surface area (Å²) in [6, 6.07) is 9.30. The van der Waals surface area contributed by atoms with Gasteiger partial charge in [0.1, 0.15) is 0 Å². The van der Waals surface area contributed by atoms with Crippen LogP contribution in [0.4, 0.5) is 11.4 Å². The molecule has 3 nitrogen and oxygen atoms in total. The van der Waals surface area contributed by atoms with Gasteiger partial charge >= 0.3 is 0 Å². The van der Waals surface area contributed by atoms with Crippen molar-refractivity contribution in [2.45, 2.75) is 32.7 Å². The third-order valence-electron chi connectivity index (χ3n) is 3.38. The molecule has 1 aliphatic rings. The summed E-state index contributed by atoms with van der Waals surface area (Å²) in [5, 5.41) is 3.53. The Balaban J connectivity index is 1.92. The predicted octanol–water partition coefficient (Wildman–Crippen LogP) is 3.12. The summed E-state index contributed by atoms with van der Waals surface area (Å²) >= 11 is 0. The van der Waals surface area contributed by atoms with E-state index >= 15 is 0 Å². The van der Waals surface area contributed by atoms with Crippen molar-refractivity contribution in [3.63, 3.8) is 0 Å². The molecule has 18 heavy (non-hydrogen) atoms. The van der Waals surface area contributed by atoms with Gasteiger partial charge in [0.2, 0.25) is 0 Å². The average molecular weight is 248 g/mol. The number of nitrogens with zero attached hydrogens (tertiary/aromatic N) is 1. The molecule has 1 aliphatic heterocycles. The topological polar surface area (TPSA) is 24.5 Å². The van der Waals surface area contributed by atoms with Crippen molar-refractivity contribution in [3.05, 3.63) is 24.3 Å². The Morgan fingerprint density at radius 2 is 1.89 bits per heavy atom. The standard InChI is InChI=1S/C15H24N2O/c1-3-4-13(2)16-14-5-7-15(8-6-14)17-9-11-18-12-10-17/h5-8,13,16H,3-4,9-12H2,1-2H3. The molecule has 0 spiro atoms. The van der Waals surface area contributed by atoms with Gasteiger partial charge in [-0.3, -0.25) is 0 Å². The Morgan fingerprint density at radius 1 is 1.22 bits per heavy atom. The van der Waals surface area contributed by atoms with Gasteiger partial charge in [-0.05, 0) is 37.6 Å². The molecule has 1 unspecified atom stereocenters. The first-order valence-electron chi connectivity index (χ1n) is 6.99. The van der Waals surface area contributed by atoms with Crippen molar-refractivity contribution in [2.24, 2.45) is 0 Å². The van der Waals surface area contributed by atoms with E-state index in [1.165, 1.54) is 24.2 Å². The highest BCUT2D eigenvalue weighted by Crippen LogP contribution is 2.19. The highest BCUT2D eigenvalue weighted by molar-refractivity contribution is 5.55. The number of anilines is 2. The van der Waals surface area contributed by atoms with E-state index in [0.29, 0.717) is 6.04 Å². The molecule has 1 aromatic rings. The zero-order chi connectivity index (χ0) is 12.8. The molecule has 1 aromatic carbocycles. The number of hydrogen-bond donors (Lipinski definition) is 1. The van der Waals surface area contributed by atoms with Crippen LogP contribution in [0.25, 0.3) is 0 Å². The second-order valence-electron chi connectivity index (χ2n) is 4.98. The summed E-state index contributed by atoms with van der Waals surface area (Å²) in [5.74, 6) is 0. The summed E-state index contributed by atoms with van der Waals surface area (Å²) < 4.78 is 5.37. The molecule has 0 amide bonds. The van der Waals surface area contributed by atoms with E-state index in [0.717, 1.165) is 26.3 Å². The molecule has 3 heteroatoms. The summed E-state index contributed by atoms with van der Waals surface area (Å²) in [7, 11) is 0. The number of ether oxygens (including phenoxy) is 1. The Hall–Kier alpha value is -1.22. The lowest BCUT2D eigenvalue weighted by Crippen LogP contribution is -2.36. The van der Waals surface area contributed by atoms with Gasteiger partial charge in [-0.2, -0.15) is 0 Å². The Morgan fingerprint density at radius 3 is 2.50 bits per heavy atom. The van der Waals surface area contributed by atoms with E-state index in [-0.39, 0.29) is 0 Å². The van der Waals surface area contributed by atoms with Crippen molar-refractivity contribution in [2.75, 3.05) is 36.5 Å². The van der Waals surface area contributed by atoms with Crippen LogP contribution >= 0.6 is 0 Å². The van der Waals surface area contributed by atoms with Crippen molar-refractivity contribution in [1.82, 2.24) is 0 Å². The van der Waals surface area contributed by atoms with Crippen LogP contribution in [0.1, 0.15) is 26.7 Å². The van der Waals surface area contributed by atoms with Crippen LogP contribution in [0.3, 0.4) is 0 Å². The molecule has 1 fully saturated rings. The van der Waals surface area contributed by atoms with E-state index in [2.05, 4.69) is 48.3 Å². The second-order valence-corrected chi connectivity index (χ2v) is 4.98. The van der Waals surface area contributed by atoms with Crippen LogP contribution in [0.2, 0.25) is 0 Å². The molecule has 0 saturated carbocycles. The normalized spacial score (nSPS) is 17.6. The summed E-state index contributed by atoms with van der Waals surface area (Å²) in [4.78, 5) is 2.38. The molecule has 0 aromatic heterocycles. The van der Waals surface area contributed by atoms with E-state index < -0.39 is 0 Å². The minimum absolute atomic E-state index is 0.546. The van der Waals surface area contributed by atoms with Crippen molar-refractivity contribution in [3.8, 4) is 0 Å². The molecule has 1 saturated heterocycles. The first-order valence-corrected chi connectivity index (χ1v) is 6.99. The van der Waals surface area contributed by atoms with Crippen LogP contribution in [-0.4, -0.2) is 32.3 Å². The summed E-state index contributed by atoms with van der Waals surface area (Å²) in [6.45, 7) is 8.14. The van der Waals surface area contributed by atoms with Gasteiger partial charge < -0.3 is 15.0 Å². The molecule has 1 N–H and O–H groups in total. The zero-order valence-corrected chi connectivity index (χ0v) is 11.5. The van der Waals surface area contributed by atoms with Crippen LogP contribution < -0.4 is 10.2 Å². The lowest BCUT2D eigenvalue weighted by Gasteiger charge is -2.29. The zero-order valence-electron chi connectivity index (χ0n) is 11.5. The summed E-state index contributed by atoms with van der Waals surface area (Å²) in [6.07, 6.45) is 2.44. The maximum atomic E-state index is 5.37. The van der Waals surface area contributed by atoms with Gasteiger partial charge in [0, 0.05) is 30.5 Å². The Labute approximate surface area is 110 Å². The SMILES string of the molecule is CCCC(C)Nc1ccc(N2CCOCC2)cc1. The predicted molar refractivity (Wildman–Crippen MR) is 77.5 cm³/mol. The molecule has 0 bridgehead atoms. The minimum atomic E-state index is 0.546. The van der Waals surface area contributed by atoms with Gasteiger partial charge in [0.25, 0.3) is 0 Å². The molecule has 1 atom stereocenters. The van der Waals surface area contributed by atoms with Gasteiger partial charge in [0.15, 0.2) is 0 Å². The molecule has 100 valence electrons. The molecular formula is C15H24N2O. The highest BCUT2D eigenvalue weighted by atomic mass is 16.5. The van der Waals surface area contributed by atoms with Crippen LogP contribution in [-0.2, 0) is 4.74 Å². The number of benzene rings is 1. The Bertz CT molecular complexity index is 344. The fourth-order valence-electron chi connectivity index (χ4n) is 2.38. The van der Waals surface area contributed by atoms with Crippen LogP contribution in [0, 0.1) is 0 Å². The minimum Gasteiger partial charge on any atom is -0.383 e. The molecule has 1 heterocycles. The largest absolute Gasteiger partial charge is 0.383 e. The van der Waals surface area contributed by atoms with Gasteiger partial charge in [-0.15, -0.1) is 0 Å². The van der Waals surface area contributed by atoms with Gasteiger partial charge in [-0.1, -0.05) is 13.3 Å². The number of rotatable bonds is 5. The van der Waals surface area contributed by atoms with Crippen LogP contribution in [0.5, 0.6) is 0 Å². The number of morpholine rings is 1. The number of nitrogens with one attached hydrogen (secondary N) is 1. The third-order valence-corrected chi connectivity index (χ3v) is 3.38. The van der Waals surface area contributed by atoms with E-state index in [9.17, 15) is 0 Å². The van der Waals surface area contributed by atoms with Crippen LogP contribution in [0.15, 0.2) is 24.3 Å². The first kappa shape index (κ1) is 13.2. The maximum Gasteiger partial charge on any atom is 0.0642 e. The third kappa shape index (κ3) is 3.64. The van der Waals surface area contributed by atoms with Gasteiger partial charge in [0.05, 0.1) is 13.2 Å². The molecular weight excluding hydrogens is 224 g/mol. The quantitative estimate of drug-likeness (QED) is 0.866. The lowest BCUT2D eigenvalue weighted by atomic mass is 10.2. The average Bonchev–Trinajstić information content (AvgIpc) is 2.41. The first-order chi connectivity index (χ1) is 8.79. The molecule has 0 radical (unpaired) electrons. The van der Waals surface area contributed by atoms with Crippen molar-refractivity contribution >= 4 is 11.4 Å². The smallest absolute Gasteiger partial charge is 0.0642 e. The van der Waals surface area contributed by atoms with Gasteiger partial charge in [-0.25, -0.2) is 0 Å². The molecule has 2 rings (SSSR count). The molecule has 0 aliphatic carbocycles. The van der Waals surface area contributed by atoms with Crippen molar-refractivity contribution < 1.29 is 4.74 Å². The number of hydrogen-bond acceptors (Lipinski definition) is 3.